The number of fused-ring (bicyclic) bond motifs is 3. The smallest absolute Gasteiger partial charge is 0.139 e. The van der Waals surface area contributed by atoms with Crippen molar-refractivity contribution in [3.05, 3.63) is 61.2 Å². The van der Waals surface area contributed by atoms with Gasteiger partial charge in [-0.1, -0.05) is 12.1 Å². The summed E-state index contributed by atoms with van der Waals surface area (Å²) in [5, 5.41) is 25.2. The minimum Gasteiger partial charge on any atom is -0.508 e. The van der Waals surface area contributed by atoms with Crippen LogP contribution in [0.5, 0.6) is 5.75 Å². The fourth-order valence-corrected chi connectivity index (χ4v) is 3.60. The summed E-state index contributed by atoms with van der Waals surface area (Å²) in [5.41, 5.74) is 4.54. The van der Waals surface area contributed by atoms with Crippen LogP contribution in [0, 0.1) is 11.3 Å². The Bertz CT molecular complexity index is 1350. The predicted molar refractivity (Wildman–Crippen MR) is 106 cm³/mol. The first kappa shape index (κ1) is 16.1. The molecule has 7 nitrogen and oxygen atoms in total. The molecule has 0 aliphatic carbocycles. The van der Waals surface area contributed by atoms with E-state index in [2.05, 4.69) is 31.8 Å². The molecule has 4 heterocycles. The standard InChI is InChI=1S/C21H16N6O/c22-6-2-8-26-13-16(12-25-26)27-19(14-3-1-4-17(28)9-14)10-15-11-24-21-18(20(15)27)5-7-23-21/h1,3-5,7,9-13,28H,2,8H2,(H,23,24). The van der Waals surface area contributed by atoms with E-state index in [1.54, 1.807) is 23.0 Å². The molecule has 5 rings (SSSR count). The van der Waals surface area contributed by atoms with Crippen LogP contribution in [-0.4, -0.2) is 29.4 Å². The van der Waals surface area contributed by atoms with Gasteiger partial charge in [-0.05, 0) is 24.3 Å². The highest BCUT2D eigenvalue weighted by atomic mass is 16.3. The summed E-state index contributed by atoms with van der Waals surface area (Å²) in [4.78, 5) is 7.66. The van der Waals surface area contributed by atoms with E-state index in [1.807, 2.05) is 36.8 Å². The van der Waals surface area contributed by atoms with Crippen molar-refractivity contribution in [1.29, 1.82) is 5.26 Å². The Morgan fingerprint density at radius 3 is 2.96 bits per heavy atom. The molecule has 7 heteroatoms. The van der Waals surface area contributed by atoms with Crippen molar-refractivity contribution in [3.63, 3.8) is 0 Å². The summed E-state index contributed by atoms with van der Waals surface area (Å²) in [7, 11) is 0. The van der Waals surface area contributed by atoms with Crippen molar-refractivity contribution >= 4 is 21.9 Å². The van der Waals surface area contributed by atoms with Gasteiger partial charge in [-0.3, -0.25) is 4.68 Å². The van der Waals surface area contributed by atoms with Gasteiger partial charge in [0.1, 0.15) is 11.4 Å². The highest BCUT2D eigenvalue weighted by Gasteiger charge is 2.17. The van der Waals surface area contributed by atoms with Crippen molar-refractivity contribution in [2.75, 3.05) is 0 Å². The number of nitrogens with zero attached hydrogens (tertiary/aromatic N) is 5. The van der Waals surface area contributed by atoms with E-state index in [-0.39, 0.29) is 5.75 Å². The monoisotopic (exact) mass is 368 g/mol. The molecule has 136 valence electrons. The summed E-state index contributed by atoms with van der Waals surface area (Å²) < 4.78 is 3.89. The first-order chi connectivity index (χ1) is 13.7. The summed E-state index contributed by atoms with van der Waals surface area (Å²) in [6, 6.07) is 13.4. The average Bonchev–Trinajstić information content (AvgIpc) is 3.42. The molecule has 2 N–H and O–H groups in total. The van der Waals surface area contributed by atoms with Gasteiger partial charge in [0, 0.05) is 34.9 Å². The fourth-order valence-electron chi connectivity index (χ4n) is 3.60. The number of pyridine rings is 1. The number of phenols is 1. The number of H-pyrrole nitrogens is 1. The molecule has 0 saturated heterocycles. The molecule has 0 aliphatic heterocycles. The number of aromatic amines is 1. The Kier molecular flexibility index (Phi) is 3.62. The summed E-state index contributed by atoms with van der Waals surface area (Å²) in [5.74, 6) is 0.212. The van der Waals surface area contributed by atoms with Crippen LogP contribution < -0.4 is 0 Å². The largest absolute Gasteiger partial charge is 0.508 e. The van der Waals surface area contributed by atoms with E-state index in [4.69, 9.17) is 5.26 Å². The molecule has 0 spiro atoms. The third-order valence-electron chi connectivity index (χ3n) is 4.82. The van der Waals surface area contributed by atoms with Crippen LogP contribution in [0.4, 0.5) is 0 Å². The lowest BCUT2D eigenvalue weighted by Gasteiger charge is -2.10. The van der Waals surface area contributed by atoms with Crippen LogP contribution >= 0.6 is 0 Å². The summed E-state index contributed by atoms with van der Waals surface area (Å²) >= 11 is 0. The second-order valence-electron chi connectivity index (χ2n) is 6.59. The molecule has 0 amide bonds. The lowest BCUT2D eigenvalue weighted by Crippen LogP contribution is -1.98. The molecule has 0 aliphatic rings. The summed E-state index contributed by atoms with van der Waals surface area (Å²) in [6.07, 6.45) is 7.85. The van der Waals surface area contributed by atoms with E-state index in [1.165, 1.54) is 0 Å². The number of hydrogen-bond acceptors (Lipinski definition) is 4. The quantitative estimate of drug-likeness (QED) is 0.501. The number of nitrogens with one attached hydrogen (secondary N) is 1. The molecule has 0 radical (unpaired) electrons. The molecule has 0 fully saturated rings. The molecule has 0 unspecified atom stereocenters. The number of aromatic hydroxyl groups is 1. The van der Waals surface area contributed by atoms with Gasteiger partial charge in [-0.25, -0.2) is 4.98 Å². The van der Waals surface area contributed by atoms with Crippen LogP contribution in [0.25, 0.3) is 38.9 Å². The number of phenolic OH excluding ortho intramolecular Hbond substituents is 1. The van der Waals surface area contributed by atoms with E-state index in [0.29, 0.717) is 13.0 Å². The molecular formula is C21H16N6O. The van der Waals surface area contributed by atoms with E-state index in [0.717, 1.165) is 38.9 Å². The zero-order valence-corrected chi connectivity index (χ0v) is 14.9. The van der Waals surface area contributed by atoms with Gasteiger partial charge in [-0.15, -0.1) is 0 Å². The van der Waals surface area contributed by atoms with E-state index in [9.17, 15) is 5.11 Å². The topological polar surface area (TPSA) is 95.5 Å². The lowest BCUT2D eigenvalue weighted by molar-refractivity contribution is 0.475. The normalized spacial score (nSPS) is 11.2. The first-order valence-corrected chi connectivity index (χ1v) is 8.91. The van der Waals surface area contributed by atoms with Crippen LogP contribution in [0.2, 0.25) is 0 Å². The Morgan fingerprint density at radius 1 is 1.18 bits per heavy atom. The second kappa shape index (κ2) is 6.28. The van der Waals surface area contributed by atoms with Crippen LogP contribution in [0.15, 0.2) is 61.2 Å². The van der Waals surface area contributed by atoms with Crippen molar-refractivity contribution < 1.29 is 5.11 Å². The molecule has 0 bridgehead atoms. The van der Waals surface area contributed by atoms with Gasteiger partial charge in [-0.2, -0.15) is 10.4 Å². The van der Waals surface area contributed by atoms with Crippen LogP contribution in [-0.2, 0) is 6.54 Å². The van der Waals surface area contributed by atoms with E-state index >= 15 is 0 Å². The average molecular weight is 368 g/mol. The highest BCUT2D eigenvalue weighted by molar-refractivity contribution is 6.06. The maximum Gasteiger partial charge on any atom is 0.139 e. The third kappa shape index (κ3) is 2.51. The maximum atomic E-state index is 9.98. The Labute approximate surface area is 160 Å². The Hall–Kier alpha value is -4.05. The predicted octanol–water partition coefficient (Wildman–Crippen LogP) is 3.99. The minimum absolute atomic E-state index is 0.212. The maximum absolute atomic E-state index is 9.98. The Morgan fingerprint density at radius 2 is 2.11 bits per heavy atom. The zero-order valence-electron chi connectivity index (χ0n) is 14.9. The number of aromatic nitrogens is 5. The number of aryl methyl sites for hydroxylation is 1. The fraction of sp³-hybridized carbons (Fsp3) is 0.0952. The van der Waals surface area contributed by atoms with Gasteiger partial charge < -0.3 is 14.7 Å². The van der Waals surface area contributed by atoms with Gasteiger partial charge in [0.25, 0.3) is 0 Å². The van der Waals surface area contributed by atoms with Gasteiger partial charge in [0.2, 0.25) is 0 Å². The molecule has 5 aromatic rings. The minimum atomic E-state index is 0.212. The van der Waals surface area contributed by atoms with E-state index < -0.39 is 0 Å². The zero-order chi connectivity index (χ0) is 19.1. The van der Waals surface area contributed by atoms with Gasteiger partial charge in [0.05, 0.1) is 42.1 Å². The molecular weight excluding hydrogens is 352 g/mol. The van der Waals surface area contributed by atoms with Crippen molar-refractivity contribution in [3.8, 4) is 28.8 Å². The second-order valence-corrected chi connectivity index (χ2v) is 6.59. The first-order valence-electron chi connectivity index (χ1n) is 8.91. The van der Waals surface area contributed by atoms with Crippen LogP contribution in [0.3, 0.4) is 0 Å². The lowest BCUT2D eigenvalue weighted by atomic mass is 10.1. The number of benzene rings is 1. The van der Waals surface area contributed by atoms with Crippen molar-refractivity contribution in [2.24, 2.45) is 0 Å². The molecule has 0 saturated carbocycles. The molecule has 28 heavy (non-hydrogen) atoms. The summed E-state index contributed by atoms with van der Waals surface area (Å²) in [6.45, 7) is 0.540. The van der Waals surface area contributed by atoms with Crippen molar-refractivity contribution in [2.45, 2.75) is 13.0 Å². The highest BCUT2D eigenvalue weighted by Crippen LogP contribution is 2.35. The molecule has 4 aromatic heterocycles. The number of rotatable bonds is 4. The third-order valence-corrected chi connectivity index (χ3v) is 4.82. The molecule has 1 aromatic carbocycles. The molecule has 0 atom stereocenters. The SMILES string of the molecule is N#CCCn1cc(-n2c(-c3cccc(O)c3)cc3cnc4[nH]ccc4c32)cn1. The Balaban J connectivity index is 1.81. The van der Waals surface area contributed by atoms with Gasteiger partial charge in [0.15, 0.2) is 0 Å². The number of hydrogen-bond donors (Lipinski definition) is 2. The van der Waals surface area contributed by atoms with Crippen molar-refractivity contribution in [1.82, 2.24) is 24.3 Å². The van der Waals surface area contributed by atoms with Crippen LogP contribution in [0.1, 0.15) is 6.42 Å². The van der Waals surface area contributed by atoms with Gasteiger partial charge >= 0.3 is 0 Å². The number of nitriles is 1.